The van der Waals surface area contributed by atoms with E-state index in [1.165, 1.54) is 0 Å². The van der Waals surface area contributed by atoms with Crippen molar-refractivity contribution in [2.24, 2.45) is 0 Å². The number of nitrogens with one attached hydrogen (secondary N) is 3. The number of piperazine rings is 1. The van der Waals surface area contributed by atoms with E-state index in [9.17, 15) is 4.79 Å². The maximum atomic E-state index is 12.2. The Hall–Kier alpha value is -2.93. The van der Waals surface area contributed by atoms with Gasteiger partial charge in [0.1, 0.15) is 11.5 Å². The molecule has 1 aliphatic heterocycles. The summed E-state index contributed by atoms with van der Waals surface area (Å²) >= 11 is 0. The van der Waals surface area contributed by atoms with Crippen molar-refractivity contribution in [1.29, 1.82) is 0 Å². The van der Waals surface area contributed by atoms with Crippen LogP contribution >= 0.6 is 0 Å². The molecule has 7 nitrogen and oxygen atoms in total. The number of amides is 2. The molecule has 1 aliphatic rings. The summed E-state index contributed by atoms with van der Waals surface area (Å²) in [6.07, 6.45) is 0. The maximum Gasteiger partial charge on any atom is 0.323 e. The van der Waals surface area contributed by atoms with Gasteiger partial charge in [0.15, 0.2) is 0 Å². The van der Waals surface area contributed by atoms with Gasteiger partial charge in [0.25, 0.3) is 0 Å². The number of benzene rings is 2. The Kier molecular flexibility index (Phi) is 5.80. The number of urea groups is 1. The molecule has 0 bridgehead atoms. The van der Waals surface area contributed by atoms with Crippen LogP contribution < -0.4 is 30.3 Å². The van der Waals surface area contributed by atoms with Crippen LogP contribution in [0.4, 0.5) is 21.9 Å². The number of anilines is 3. The van der Waals surface area contributed by atoms with E-state index in [2.05, 4.69) is 20.9 Å². The average Bonchev–Trinajstić information content (AvgIpc) is 2.68. The van der Waals surface area contributed by atoms with E-state index in [0.717, 1.165) is 37.6 Å². The van der Waals surface area contributed by atoms with Crippen LogP contribution in [0.25, 0.3) is 0 Å². The van der Waals surface area contributed by atoms with Crippen molar-refractivity contribution in [3.63, 3.8) is 0 Å². The predicted octanol–water partition coefficient (Wildman–Crippen LogP) is 2.76. The summed E-state index contributed by atoms with van der Waals surface area (Å²) in [5, 5.41) is 8.96. The topological polar surface area (TPSA) is 74.9 Å². The number of hydrogen-bond acceptors (Lipinski definition) is 5. The van der Waals surface area contributed by atoms with Crippen LogP contribution in [0, 0.1) is 0 Å². The second-order valence-corrected chi connectivity index (χ2v) is 5.96. The van der Waals surface area contributed by atoms with E-state index in [4.69, 9.17) is 9.47 Å². The molecule has 0 atom stereocenters. The minimum Gasteiger partial charge on any atom is -0.497 e. The first kappa shape index (κ1) is 17.9. The van der Waals surface area contributed by atoms with E-state index in [-0.39, 0.29) is 6.03 Å². The summed E-state index contributed by atoms with van der Waals surface area (Å²) in [6, 6.07) is 12.7. The smallest absolute Gasteiger partial charge is 0.323 e. The van der Waals surface area contributed by atoms with Crippen molar-refractivity contribution in [1.82, 2.24) is 5.32 Å². The fourth-order valence-corrected chi connectivity index (χ4v) is 2.85. The van der Waals surface area contributed by atoms with Gasteiger partial charge in [-0.1, -0.05) is 0 Å². The first-order valence-corrected chi connectivity index (χ1v) is 8.55. The molecule has 1 fully saturated rings. The Balaban J connectivity index is 1.61. The largest absolute Gasteiger partial charge is 0.497 e. The molecule has 2 amide bonds. The normalized spacial score (nSPS) is 13.8. The number of nitrogens with zero attached hydrogens (tertiary/aromatic N) is 1. The molecule has 1 heterocycles. The van der Waals surface area contributed by atoms with Gasteiger partial charge in [-0.3, -0.25) is 0 Å². The van der Waals surface area contributed by atoms with E-state index in [0.29, 0.717) is 17.2 Å². The molecule has 0 unspecified atom stereocenters. The van der Waals surface area contributed by atoms with E-state index >= 15 is 0 Å². The van der Waals surface area contributed by atoms with Crippen molar-refractivity contribution in [3.8, 4) is 11.5 Å². The van der Waals surface area contributed by atoms with Crippen molar-refractivity contribution < 1.29 is 14.3 Å². The Morgan fingerprint density at radius 1 is 0.923 bits per heavy atom. The summed E-state index contributed by atoms with van der Waals surface area (Å²) in [5.41, 5.74) is 2.49. The summed E-state index contributed by atoms with van der Waals surface area (Å²) < 4.78 is 10.4. The van der Waals surface area contributed by atoms with Crippen molar-refractivity contribution in [2.45, 2.75) is 0 Å². The van der Waals surface area contributed by atoms with Crippen LogP contribution in [0.15, 0.2) is 42.5 Å². The van der Waals surface area contributed by atoms with Crippen molar-refractivity contribution >= 4 is 23.1 Å². The maximum absolute atomic E-state index is 12.2. The second-order valence-electron chi connectivity index (χ2n) is 5.96. The molecule has 0 radical (unpaired) electrons. The van der Waals surface area contributed by atoms with Crippen LogP contribution in [-0.4, -0.2) is 46.4 Å². The van der Waals surface area contributed by atoms with Gasteiger partial charge in [-0.2, -0.15) is 0 Å². The van der Waals surface area contributed by atoms with Gasteiger partial charge in [-0.05, 0) is 24.3 Å². The lowest BCUT2D eigenvalue weighted by Crippen LogP contribution is -2.43. The molecule has 7 heteroatoms. The van der Waals surface area contributed by atoms with Gasteiger partial charge >= 0.3 is 6.03 Å². The highest BCUT2D eigenvalue weighted by Gasteiger charge is 2.11. The molecule has 3 rings (SSSR count). The Labute approximate surface area is 153 Å². The van der Waals surface area contributed by atoms with E-state index < -0.39 is 0 Å². The van der Waals surface area contributed by atoms with Crippen LogP contribution in [-0.2, 0) is 0 Å². The zero-order valence-electron chi connectivity index (χ0n) is 15.0. The highest BCUT2D eigenvalue weighted by atomic mass is 16.5. The number of hydrogen-bond donors (Lipinski definition) is 3. The molecule has 0 spiro atoms. The molecule has 0 aromatic heterocycles. The standard InChI is InChI=1S/C19H24N4O3/c1-25-17-11-15(12-18(13-17)26-2)22-19(24)21-14-3-5-16(6-4-14)23-9-7-20-8-10-23/h3-6,11-13,20H,7-10H2,1-2H3,(H2,21,22,24). The summed E-state index contributed by atoms with van der Waals surface area (Å²) in [7, 11) is 3.14. The van der Waals surface area contributed by atoms with Gasteiger partial charge in [0.05, 0.1) is 14.2 Å². The highest BCUT2D eigenvalue weighted by Crippen LogP contribution is 2.26. The van der Waals surface area contributed by atoms with Gasteiger partial charge < -0.3 is 30.3 Å². The molecular formula is C19H24N4O3. The number of carbonyl (C=O) groups excluding carboxylic acids is 1. The number of ether oxygens (including phenoxy) is 2. The van der Waals surface area contributed by atoms with Crippen LogP contribution in [0.1, 0.15) is 0 Å². The third-order valence-electron chi connectivity index (χ3n) is 4.22. The molecule has 1 saturated heterocycles. The summed E-state index contributed by atoms with van der Waals surface area (Å²) in [6.45, 7) is 3.97. The Bertz CT molecular complexity index is 721. The van der Waals surface area contributed by atoms with Crippen LogP contribution in [0.5, 0.6) is 11.5 Å². The first-order valence-electron chi connectivity index (χ1n) is 8.55. The first-order chi connectivity index (χ1) is 12.7. The molecule has 0 aliphatic carbocycles. The zero-order valence-corrected chi connectivity index (χ0v) is 15.0. The quantitative estimate of drug-likeness (QED) is 0.768. The average molecular weight is 356 g/mol. The van der Waals surface area contributed by atoms with Crippen LogP contribution in [0.3, 0.4) is 0 Å². The molecule has 26 heavy (non-hydrogen) atoms. The summed E-state index contributed by atoms with van der Waals surface area (Å²) in [4.78, 5) is 14.6. The fraction of sp³-hybridized carbons (Fsp3) is 0.316. The van der Waals surface area contributed by atoms with Crippen molar-refractivity contribution in [2.75, 3.05) is 55.9 Å². The molecule has 2 aromatic carbocycles. The van der Waals surface area contributed by atoms with E-state index in [1.54, 1.807) is 32.4 Å². The minimum absolute atomic E-state index is 0.324. The van der Waals surface area contributed by atoms with Gasteiger partial charge in [-0.25, -0.2) is 4.79 Å². The van der Waals surface area contributed by atoms with Gasteiger partial charge in [-0.15, -0.1) is 0 Å². The van der Waals surface area contributed by atoms with Crippen molar-refractivity contribution in [3.05, 3.63) is 42.5 Å². The second kappa shape index (κ2) is 8.44. The van der Waals surface area contributed by atoms with E-state index in [1.807, 2.05) is 24.3 Å². The Morgan fingerprint density at radius 2 is 1.50 bits per heavy atom. The van der Waals surface area contributed by atoms with Gasteiger partial charge in [0, 0.05) is 61.4 Å². The molecule has 138 valence electrons. The highest BCUT2D eigenvalue weighted by molar-refractivity contribution is 6.00. The lowest BCUT2D eigenvalue weighted by atomic mass is 10.2. The third kappa shape index (κ3) is 4.58. The van der Waals surface area contributed by atoms with Gasteiger partial charge in [0.2, 0.25) is 0 Å². The number of methoxy groups -OCH3 is 2. The molecule has 0 saturated carbocycles. The Morgan fingerprint density at radius 3 is 2.08 bits per heavy atom. The lowest BCUT2D eigenvalue weighted by Gasteiger charge is -2.29. The predicted molar refractivity (Wildman–Crippen MR) is 104 cm³/mol. The monoisotopic (exact) mass is 356 g/mol. The molecule has 3 N–H and O–H groups in total. The fourth-order valence-electron chi connectivity index (χ4n) is 2.85. The lowest BCUT2D eigenvalue weighted by molar-refractivity contribution is 0.262. The number of rotatable bonds is 5. The number of carbonyl (C=O) groups is 1. The summed E-state index contributed by atoms with van der Waals surface area (Å²) in [5.74, 6) is 1.22. The minimum atomic E-state index is -0.324. The SMILES string of the molecule is COc1cc(NC(=O)Nc2ccc(N3CCNCC3)cc2)cc(OC)c1. The molecular weight excluding hydrogens is 332 g/mol. The molecule has 2 aromatic rings. The third-order valence-corrected chi connectivity index (χ3v) is 4.22. The van der Waals surface area contributed by atoms with Crippen LogP contribution in [0.2, 0.25) is 0 Å². The zero-order chi connectivity index (χ0) is 18.4.